The number of halogens is 1. The van der Waals surface area contributed by atoms with Crippen LogP contribution in [0.4, 0.5) is 0 Å². The van der Waals surface area contributed by atoms with E-state index in [0.29, 0.717) is 18.1 Å². The first-order valence-electron chi connectivity index (χ1n) is 6.35. The predicted octanol–water partition coefficient (Wildman–Crippen LogP) is 3.15. The molecular formula is C15H17ClN2OS. The fourth-order valence-electron chi connectivity index (χ4n) is 1.89. The molecule has 20 heavy (non-hydrogen) atoms. The first-order valence-corrected chi connectivity index (χ1v) is 7.67. The standard InChI is InChI=1S/C15H17ClN2OS/c1-18(9-12-6-7-20-11-12)10-15(19)17-8-13-4-2-3-5-14(13)16/h2-7,11H,8-10H2,1H3,(H,17,19). The van der Waals surface area contributed by atoms with Crippen LogP contribution in [0.3, 0.4) is 0 Å². The highest BCUT2D eigenvalue weighted by molar-refractivity contribution is 7.07. The van der Waals surface area contributed by atoms with Crippen molar-refractivity contribution in [2.75, 3.05) is 13.6 Å². The van der Waals surface area contributed by atoms with E-state index in [1.807, 2.05) is 41.6 Å². The third kappa shape index (κ3) is 4.63. The zero-order chi connectivity index (χ0) is 14.4. The molecule has 1 N–H and O–H groups in total. The molecule has 1 amide bonds. The van der Waals surface area contributed by atoms with E-state index in [1.54, 1.807) is 11.3 Å². The van der Waals surface area contributed by atoms with Crippen LogP contribution < -0.4 is 5.32 Å². The van der Waals surface area contributed by atoms with E-state index in [4.69, 9.17) is 11.6 Å². The Morgan fingerprint density at radius 1 is 1.35 bits per heavy atom. The fraction of sp³-hybridized carbons (Fsp3) is 0.267. The Balaban J connectivity index is 1.76. The molecule has 0 aliphatic carbocycles. The summed E-state index contributed by atoms with van der Waals surface area (Å²) < 4.78 is 0. The van der Waals surface area contributed by atoms with Crippen molar-refractivity contribution in [3.05, 3.63) is 57.2 Å². The van der Waals surface area contributed by atoms with Crippen LogP contribution >= 0.6 is 22.9 Å². The molecule has 3 nitrogen and oxygen atoms in total. The van der Waals surface area contributed by atoms with Crippen LogP contribution in [-0.4, -0.2) is 24.4 Å². The van der Waals surface area contributed by atoms with E-state index < -0.39 is 0 Å². The van der Waals surface area contributed by atoms with Gasteiger partial charge in [-0.3, -0.25) is 9.69 Å². The van der Waals surface area contributed by atoms with Gasteiger partial charge in [0.25, 0.3) is 0 Å². The molecule has 1 aromatic heterocycles. The lowest BCUT2D eigenvalue weighted by molar-refractivity contribution is -0.122. The number of rotatable bonds is 6. The molecule has 0 bridgehead atoms. The summed E-state index contributed by atoms with van der Waals surface area (Å²) >= 11 is 7.72. The highest BCUT2D eigenvalue weighted by atomic mass is 35.5. The molecule has 5 heteroatoms. The summed E-state index contributed by atoms with van der Waals surface area (Å²) in [6.45, 7) is 1.62. The van der Waals surface area contributed by atoms with Crippen molar-refractivity contribution < 1.29 is 4.79 Å². The average molecular weight is 309 g/mol. The monoisotopic (exact) mass is 308 g/mol. The van der Waals surface area contributed by atoms with Gasteiger partial charge in [0.1, 0.15) is 0 Å². The van der Waals surface area contributed by atoms with E-state index in [1.165, 1.54) is 5.56 Å². The van der Waals surface area contributed by atoms with Crippen molar-refractivity contribution >= 4 is 28.8 Å². The number of amides is 1. The molecule has 0 spiro atoms. The summed E-state index contributed by atoms with van der Waals surface area (Å²) in [6.07, 6.45) is 0. The quantitative estimate of drug-likeness (QED) is 0.889. The van der Waals surface area contributed by atoms with E-state index in [9.17, 15) is 4.79 Å². The summed E-state index contributed by atoms with van der Waals surface area (Å²) in [6, 6.07) is 9.60. The Kier molecular flexibility index (Phi) is 5.59. The van der Waals surface area contributed by atoms with Gasteiger partial charge in [-0.05, 0) is 41.1 Å². The van der Waals surface area contributed by atoms with Crippen LogP contribution in [-0.2, 0) is 17.9 Å². The van der Waals surface area contributed by atoms with Crippen molar-refractivity contribution in [3.8, 4) is 0 Å². The van der Waals surface area contributed by atoms with Crippen LogP contribution in [0.5, 0.6) is 0 Å². The maximum absolute atomic E-state index is 11.9. The minimum absolute atomic E-state index is 0.00245. The van der Waals surface area contributed by atoms with Gasteiger partial charge < -0.3 is 5.32 Å². The smallest absolute Gasteiger partial charge is 0.234 e. The van der Waals surface area contributed by atoms with Crippen molar-refractivity contribution in [1.82, 2.24) is 10.2 Å². The summed E-state index contributed by atoms with van der Waals surface area (Å²) in [5.41, 5.74) is 2.17. The molecule has 0 saturated carbocycles. The van der Waals surface area contributed by atoms with Crippen molar-refractivity contribution in [2.45, 2.75) is 13.1 Å². The Hall–Kier alpha value is -1.36. The molecule has 2 aromatic rings. The maximum atomic E-state index is 11.9. The van der Waals surface area contributed by atoms with E-state index in [0.717, 1.165) is 12.1 Å². The molecule has 2 rings (SSSR count). The molecule has 0 unspecified atom stereocenters. The van der Waals surface area contributed by atoms with Gasteiger partial charge in [0, 0.05) is 18.1 Å². The molecule has 0 radical (unpaired) electrons. The van der Waals surface area contributed by atoms with Crippen molar-refractivity contribution in [3.63, 3.8) is 0 Å². The Morgan fingerprint density at radius 3 is 2.85 bits per heavy atom. The second-order valence-corrected chi connectivity index (χ2v) is 5.86. The van der Waals surface area contributed by atoms with E-state index in [2.05, 4.69) is 16.8 Å². The lowest BCUT2D eigenvalue weighted by Gasteiger charge is -2.15. The van der Waals surface area contributed by atoms with Crippen LogP contribution in [0.25, 0.3) is 0 Å². The number of thiophene rings is 1. The van der Waals surface area contributed by atoms with Gasteiger partial charge in [0.15, 0.2) is 0 Å². The van der Waals surface area contributed by atoms with Gasteiger partial charge in [-0.2, -0.15) is 11.3 Å². The van der Waals surface area contributed by atoms with Crippen LogP contribution in [0, 0.1) is 0 Å². The number of nitrogens with one attached hydrogen (secondary N) is 1. The summed E-state index contributed by atoms with van der Waals surface area (Å²) in [5, 5.41) is 7.71. The largest absolute Gasteiger partial charge is 0.351 e. The highest BCUT2D eigenvalue weighted by Crippen LogP contribution is 2.14. The Labute approximate surface area is 128 Å². The number of carbonyl (C=O) groups excluding carboxylic acids is 1. The first kappa shape index (κ1) is 15.0. The van der Waals surface area contributed by atoms with Crippen LogP contribution in [0.1, 0.15) is 11.1 Å². The van der Waals surface area contributed by atoms with E-state index in [-0.39, 0.29) is 5.91 Å². The topological polar surface area (TPSA) is 32.3 Å². The number of likely N-dealkylation sites (N-methyl/N-ethyl adjacent to an activating group) is 1. The number of hydrogen-bond acceptors (Lipinski definition) is 3. The maximum Gasteiger partial charge on any atom is 0.234 e. The molecule has 0 aliphatic heterocycles. The highest BCUT2D eigenvalue weighted by Gasteiger charge is 2.08. The molecule has 0 atom stereocenters. The summed E-state index contributed by atoms with van der Waals surface area (Å²) in [5.74, 6) is 0.00245. The second-order valence-electron chi connectivity index (χ2n) is 4.67. The minimum atomic E-state index is 0.00245. The number of benzene rings is 1. The average Bonchev–Trinajstić information content (AvgIpc) is 2.90. The summed E-state index contributed by atoms with van der Waals surface area (Å²) in [7, 11) is 1.94. The molecular weight excluding hydrogens is 292 g/mol. The van der Waals surface area contributed by atoms with Gasteiger partial charge in [0.2, 0.25) is 5.91 Å². The normalized spacial score (nSPS) is 10.8. The molecule has 106 valence electrons. The molecule has 1 heterocycles. The first-order chi connectivity index (χ1) is 9.65. The predicted molar refractivity (Wildman–Crippen MR) is 84.0 cm³/mol. The van der Waals surface area contributed by atoms with Gasteiger partial charge in [-0.1, -0.05) is 29.8 Å². The zero-order valence-corrected chi connectivity index (χ0v) is 12.9. The molecule has 0 saturated heterocycles. The SMILES string of the molecule is CN(CC(=O)NCc1ccccc1Cl)Cc1ccsc1. The van der Waals surface area contributed by atoms with Crippen molar-refractivity contribution in [1.29, 1.82) is 0 Å². The van der Waals surface area contributed by atoms with Gasteiger partial charge >= 0.3 is 0 Å². The van der Waals surface area contributed by atoms with Crippen LogP contribution in [0.15, 0.2) is 41.1 Å². The third-order valence-corrected chi connectivity index (χ3v) is 3.98. The number of hydrogen-bond donors (Lipinski definition) is 1. The minimum Gasteiger partial charge on any atom is -0.351 e. The van der Waals surface area contributed by atoms with Gasteiger partial charge in [-0.15, -0.1) is 0 Å². The summed E-state index contributed by atoms with van der Waals surface area (Å²) in [4.78, 5) is 13.9. The molecule has 1 aromatic carbocycles. The van der Waals surface area contributed by atoms with Gasteiger partial charge in [0.05, 0.1) is 6.54 Å². The van der Waals surface area contributed by atoms with Crippen LogP contribution in [0.2, 0.25) is 5.02 Å². The lowest BCUT2D eigenvalue weighted by Crippen LogP contribution is -2.34. The second kappa shape index (κ2) is 7.43. The van der Waals surface area contributed by atoms with E-state index >= 15 is 0 Å². The van der Waals surface area contributed by atoms with Crippen molar-refractivity contribution in [2.24, 2.45) is 0 Å². The molecule has 0 aliphatic rings. The Bertz CT molecular complexity index is 557. The lowest BCUT2D eigenvalue weighted by atomic mass is 10.2. The Morgan fingerprint density at radius 2 is 2.15 bits per heavy atom. The number of nitrogens with zero attached hydrogens (tertiary/aromatic N) is 1. The number of carbonyl (C=O) groups is 1. The fourth-order valence-corrected chi connectivity index (χ4v) is 2.75. The zero-order valence-electron chi connectivity index (χ0n) is 11.3. The molecule has 0 fully saturated rings. The van der Waals surface area contributed by atoms with Gasteiger partial charge in [-0.25, -0.2) is 0 Å². The third-order valence-electron chi connectivity index (χ3n) is 2.88.